The van der Waals surface area contributed by atoms with E-state index in [1.807, 2.05) is 0 Å². The van der Waals surface area contributed by atoms with E-state index in [1.165, 1.54) is 32.0 Å². The molecule has 0 radical (unpaired) electrons. The van der Waals surface area contributed by atoms with Crippen molar-refractivity contribution in [1.29, 1.82) is 0 Å². The summed E-state index contributed by atoms with van der Waals surface area (Å²) in [5.41, 5.74) is 0. The van der Waals surface area contributed by atoms with Gasteiger partial charge in [0.15, 0.2) is 9.12 Å². The Kier molecular flexibility index (Phi) is 8.75. The Bertz CT molecular complexity index is 107. The number of hydrogen-bond acceptors (Lipinski definition) is 3. The molecule has 0 aliphatic heterocycles. The van der Waals surface area contributed by atoms with Crippen LogP contribution in [0.5, 0.6) is 0 Å². The van der Waals surface area contributed by atoms with Gasteiger partial charge in [0.05, 0.1) is 0 Å². The third kappa shape index (κ3) is 7.19. The summed E-state index contributed by atoms with van der Waals surface area (Å²) in [7, 11) is 5.50. The lowest BCUT2D eigenvalue weighted by Crippen LogP contribution is -2.45. The molecular weight excluding hydrogens is 178 g/mol. The molecule has 0 amide bonds. The fourth-order valence-electron chi connectivity index (χ4n) is 1.32. The summed E-state index contributed by atoms with van der Waals surface area (Å²) in [6, 6.07) is 1.30. The van der Waals surface area contributed by atoms with Crippen LogP contribution in [0.2, 0.25) is 6.04 Å². The summed E-state index contributed by atoms with van der Waals surface area (Å²) >= 11 is 0. The van der Waals surface area contributed by atoms with Crippen LogP contribution in [0, 0.1) is 0 Å². The molecular formula is C9H25N3Si. The molecule has 0 aromatic heterocycles. The maximum Gasteiger partial charge on any atom is 0.185 e. The Hall–Kier alpha value is 0.0969. The van der Waals surface area contributed by atoms with Crippen LogP contribution in [0.15, 0.2) is 0 Å². The van der Waals surface area contributed by atoms with Gasteiger partial charge in [-0.3, -0.25) is 0 Å². The van der Waals surface area contributed by atoms with Crippen molar-refractivity contribution >= 4 is 9.12 Å². The fourth-order valence-corrected chi connectivity index (χ4v) is 2.89. The molecule has 3 nitrogen and oxygen atoms in total. The van der Waals surface area contributed by atoms with Crippen molar-refractivity contribution in [2.45, 2.75) is 25.8 Å². The number of unbranched alkanes of at least 4 members (excludes halogenated alkanes) is 1. The van der Waals surface area contributed by atoms with Crippen molar-refractivity contribution in [3.8, 4) is 0 Å². The predicted octanol–water partition coefficient (Wildman–Crippen LogP) is 0.378. The number of hydrogen-bond donors (Lipinski definition) is 2. The summed E-state index contributed by atoms with van der Waals surface area (Å²) in [5, 5.41) is 0. The van der Waals surface area contributed by atoms with Gasteiger partial charge in [0.25, 0.3) is 0 Å². The topological polar surface area (TPSA) is 27.3 Å². The third-order valence-corrected chi connectivity index (χ3v) is 4.62. The second-order valence-electron chi connectivity index (χ2n) is 3.58. The monoisotopic (exact) mass is 203 g/mol. The van der Waals surface area contributed by atoms with E-state index in [0.717, 1.165) is 0 Å². The van der Waals surface area contributed by atoms with E-state index in [1.54, 1.807) is 0 Å². The lowest BCUT2D eigenvalue weighted by atomic mass is 10.3. The molecule has 0 saturated carbocycles. The largest absolute Gasteiger partial charge is 0.331 e. The predicted molar refractivity (Wildman–Crippen MR) is 62.5 cm³/mol. The van der Waals surface area contributed by atoms with Crippen LogP contribution in [-0.2, 0) is 0 Å². The molecule has 0 rings (SSSR count). The van der Waals surface area contributed by atoms with E-state index in [4.69, 9.17) is 0 Å². The zero-order chi connectivity index (χ0) is 10.1. The number of nitrogens with one attached hydrogen (secondary N) is 2. The molecule has 0 unspecified atom stereocenters. The van der Waals surface area contributed by atoms with Crippen molar-refractivity contribution in [2.24, 2.45) is 0 Å². The van der Waals surface area contributed by atoms with Gasteiger partial charge in [-0.2, -0.15) is 0 Å². The standard InChI is InChI=1S/C9H25N3Si/c1-5-6-7-12(4)8-9-13(10-2)11-3/h10-11,13H,5-9H2,1-4H3. The first-order valence-electron chi connectivity index (χ1n) is 5.27. The Labute approximate surface area is 84.7 Å². The van der Waals surface area contributed by atoms with Crippen molar-refractivity contribution in [3.63, 3.8) is 0 Å². The number of rotatable bonds is 8. The first-order chi connectivity index (χ1) is 6.24. The summed E-state index contributed by atoms with van der Waals surface area (Å²) in [4.78, 5) is 9.16. The second kappa shape index (κ2) is 8.68. The van der Waals surface area contributed by atoms with Crippen LogP contribution in [0.25, 0.3) is 0 Å². The minimum Gasteiger partial charge on any atom is -0.331 e. The van der Waals surface area contributed by atoms with Crippen LogP contribution >= 0.6 is 0 Å². The van der Waals surface area contributed by atoms with Gasteiger partial charge < -0.3 is 14.9 Å². The average molecular weight is 203 g/mol. The lowest BCUT2D eigenvalue weighted by Gasteiger charge is -2.19. The molecule has 0 aromatic rings. The second-order valence-corrected chi connectivity index (χ2v) is 6.41. The minimum absolute atomic E-state index is 0.824. The first kappa shape index (κ1) is 13.1. The van der Waals surface area contributed by atoms with E-state index in [9.17, 15) is 0 Å². The fraction of sp³-hybridized carbons (Fsp3) is 1.00. The maximum absolute atomic E-state index is 3.36. The maximum atomic E-state index is 3.36. The number of nitrogens with zero attached hydrogens (tertiary/aromatic N) is 1. The van der Waals surface area contributed by atoms with E-state index < -0.39 is 9.12 Å². The van der Waals surface area contributed by atoms with Gasteiger partial charge in [-0.05, 0) is 46.7 Å². The zero-order valence-electron chi connectivity index (χ0n) is 9.56. The van der Waals surface area contributed by atoms with Crippen LogP contribution in [0.4, 0.5) is 0 Å². The molecule has 0 heterocycles. The Morgan fingerprint density at radius 1 is 1.15 bits per heavy atom. The molecule has 0 spiro atoms. The Morgan fingerprint density at radius 2 is 1.77 bits per heavy atom. The van der Waals surface area contributed by atoms with Crippen LogP contribution in [0.1, 0.15) is 19.8 Å². The van der Waals surface area contributed by atoms with Crippen molar-refractivity contribution in [2.75, 3.05) is 34.2 Å². The molecule has 4 heteroatoms. The zero-order valence-corrected chi connectivity index (χ0v) is 10.7. The van der Waals surface area contributed by atoms with Gasteiger partial charge in [0, 0.05) is 0 Å². The van der Waals surface area contributed by atoms with Crippen LogP contribution in [-0.4, -0.2) is 48.3 Å². The molecule has 0 aliphatic carbocycles. The smallest absolute Gasteiger partial charge is 0.185 e. The average Bonchev–Trinajstić information content (AvgIpc) is 2.16. The van der Waals surface area contributed by atoms with Gasteiger partial charge >= 0.3 is 0 Å². The molecule has 0 aromatic carbocycles. The first-order valence-corrected chi connectivity index (χ1v) is 7.24. The summed E-state index contributed by atoms with van der Waals surface area (Å²) in [5.74, 6) is 0. The Morgan fingerprint density at radius 3 is 2.23 bits per heavy atom. The third-order valence-electron chi connectivity index (χ3n) is 2.39. The van der Waals surface area contributed by atoms with E-state index in [0.29, 0.717) is 0 Å². The molecule has 0 aliphatic rings. The molecule has 0 fully saturated rings. The van der Waals surface area contributed by atoms with Crippen molar-refractivity contribution in [3.05, 3.63) is 0 Å². The SMILES string of the molecule is CCCCN(C)CC[SiH](NC)NC. The lowest BCUT2D eigenvalue weighted by molar-refractivity contribution is 0.344. The molecule has 0 bridgehead atoms. The van der Waals surface area contributed by atoms with Crippen molar-refractivity contribution < 1.29 is 0 Å². The molecule has 0 saturated heterocycles. The highest BCUT2D eigenvalue weighted by molar-refractivity contribution is 6.53. The summed E-state index contributed by atoms with van der Waals surface area (Å²) in [6.07, 6.45) is 2.62. The highest BCUT2D eigenvalue weighted by Crippen LogP contribution is 1.94. The van der Waals surface area contributed by atoms with E-state index in [-0.39, 0.29) is 0 Å². The van der Waals surface area contributed by atoms with Crippen molar-refractivity contribution in [1.82, 2.24) is 14.9 Å². The minimum atomic E-state index is -0.824. The highest BCUT2D eigenvalue weighted by atomic mass is 28.3. The van der Waals surface area contributed by atoms with Gasteiger partial charge in [0.2, 0.25) is 0 Å². The summed E-state index contributed by atoms with van der Waals surface area (Å²) in [6.45, 7) is 4.70. The van der Waals surface area contributed by atoms with Crippen LogP contribution < -0.4 is 9.96 Å². The molecule has 0 atom stereocenters. The quantitative estimate of drug-likeness (QED) is 0.559. The van der Waals surface area contributed by atoms with Gasteiger partial charge in [-0.1, -0.05) is 13.3 Å². The van der Waals surface area contributed by atoms with Gasteiger partial charge in [-0.25, -0.2) is 0 Å². The van der Waals surface area contributed by atoms with Gasteiger partial charge in [-0.15, -0.1) is 0 Å². The van der Waals surface area contributed by atoms with Gasteiger partial charge in [0.1, 0.15) is 0 Å². The Balaban J connectivity index is 3.38. The molecule has 80 valence electrons. The van der Waals surface area contributed by atoms with E-state index in [2.05, 4.69) is 42.9 Å². The van der Waals surface area contributed by atoms with Crippen LogP contribution in [0.3, 0.4) is 0 Å². The molecule has 2 N–H and O–H groups in total. The molecule has 13 heavy (non-hydrogen) atoms. The normalized spacial score (nSPS) is 11.5. The highest BCUT2D eigenvalue weighted by Gasteiger charge is 2.06. The van der Waals surface area contributed by atoms with E-state index >= 15 is 0 Å². The summed E-state index contributed by atoms with van der Waals surface area (Å²) < 4.78 is 0.